The highest BCUT2D eigenvalue weighted by Crippen LogP contribution is 2.15. The van der Waals surface area contributed by atoms with Gasteiger partial charge in [0.05, 0.1) is 13.1 Å². The number of hydrogen-bond donors (Lipinski definition) is 1. The lowest BCUT2D eigenvalue weighted by Gasteiger charge is -2.22. The van der Waals surface area contributed by atoms with E-state index < -0.39 is 0 Å². The van der Waals surface area contributed by atoms with Crippen LogP contribution in [0.4, 0.5) is 0 Å². The molecule has 1 aliphatic heterocycles. The first kappa shape index (κ1) is 23.3. The molecule has 0 saturated carbocycles. The van der Waals surface area contributed by atoms with Gasteiger partial charge in [-0.15, -0.1) is 24.0 Å². The smallest absolute Gasteiger partial charge is 0.222 e. The van der Waals surface area contributed by atoms with E-state index in [1.807, 2.05) is 4.90 Å². The van der Waals surface area contributed by atoms with Crippen LogP contribution >= 0.6 is 24.0 Å². The monoisotopic (exact) mass is 509 g/mol. The fourth-order valence-electron chi connectivity index (χ4n) is 3.53. The third kappa shape index (κ3) is 6.48. The Morgan fingerprint density at radius 3 is 2.69 bits per heavy atom. The van der Waals surface area contributed by atoms with Crippen LogP contribution in [-0.2, 0) is 31.5 Å². The SMILES string of the molecule is CCNC(=NCc1cccc(CN2CCCC2=O)c1)N(C)Cc1cccn1C.I. The number of aliphatic imine (C=N–C) groups is 1. The number of benzene rings is 1. The van der Waals surface area contributed by atoms with Gasteiger partial charge in [-0.25, -0.2) is 4.99 Å². The number of amides is 1. The molecule has 6 nitrogen and oxygen atoms in total. The van der Waals surface area contributed by atoms with Gasteiger partial charge in [0.25, 0.3) is 0 Å². The van der Waals surface area contributed by atoms with Gasteiger partial charge < -0.3 is 19.7 Å². The molecule has 0 unspecified atom stereocenters. The Balaban J connectivity index is 0.00000300. The van der Waals surface area contributed by atoms with Crippen LogP contribution in [0.5, 0.6) is 0 Å². The van der Waals surface area contributed by atoms with Gasteiger partial charge in [0.2, 0.25) is 5.91 Å². The van der Waals surface area contributed by atoms with Crippen LogP contribution in [0, 0.1) is 0 Å². The van der Waals surface area contributed by atoms with Crippen molar-refractivity contribution in [3.05, 3.63) is 59.4 Å². The molecule has 0 atom stereocenters. The third-order valence-electron chi connectivity index (χ3n) is 5.09. The molecule has 2 aromatic rings. The second-order valence-electron chi connectivity index (χ2n) is 7.38. The molecule has 0 spiro atoms. The maximum atomic E-state index is 11.9. The molecule has 0 bridgehead atoms. The van der Waals surface area contributed by atoms with Crippen molar-refractivity contribution in [3.8, 4) is 0 Å². The number of nitrogens with one attached hydrogen (secondary N) is 1. The minimum absolute atomic E-state index is 0. The highest BCUT2D eigenvalue weighted by molar-refractivity contribution is 14.0. The summed E-state index contributed by atoms with van der Waals surface area (Å²) in [7, 11) is 4.12. The van der Waals surface area contributed by atoms with Crippen molar-refractivity contribution >= 4 is 35.8 Å². The Bertz CT molecular complexity index is 832. The van der Waals surface area contributed by atoms with E-state index in [1.54, 1.807) is 0 Å². The highest BCUT2D eigenvalue weighted by atomic mass is 127. The molecule has 29 heavy (non-hydrogen) atoms. The maximum Gasteiger partial charge on any atom is 0.222 e. The summed E-state index contributed by atoms with van der Waals surface area (Å²) in [5.74, 6) is 1.16. The van der Waals surface area contributed by atoms with E-state index in [9.17, 15) is 4.79 Å². The van der Waals surface area contributed by atoms with E-state index >= 15 is 0 Å². The molecule has 2 heterocycles. The summed E-state index contributed by atoms with van der Waals surface area (Å²) in [5, 5.41) is 3.38. The summed E-state index contributed by atoms with van der Waals surface area (Å²) >= 11 is 0. The lowest BCUT2D eigenvalue weighted by Crippen LogP contribution is -2.38. The summed E-state index contributed by atoms with van der Waals surface area (Å²) in [6.45, 7) is 5.89. The van der Waals surface area contributed by atoms with Crippen molar-refractivity contribution in [1.29, 1.82) is 0 Å². The largest absolute Gasteiger partial charge is 0.357 e. The van der Waals surface area contributed by atoms with E-state index in [1.165, 1.54) is 11.3 Å². The van der Waals surface area contributed by atoms with E-state index in [4.69, 9.17) is 4.99 Å². The Morgan fingerprint density at radius 1 is 1.24 bits per heavy atom. The Hall–Kier alpha value is -2.03. The van der Waals surface area contributed by atoms with Crippen molar-refractivity contribution in [2.24, 2.45) is 12.0 Å². The van der Waals surface area contributed by atoms with Gasteiger partial charge in [0.15, 0.2) is 5.96 Å². The number of nitrogens with zero attached hydrogens (tertiary/aromatic N) is 4. The van der Waals surface area contributed by atoms with E-state index in [0.717, 1.165) is 37.6 Å². The topological polar surface area (TPSA) is 52.9 Å². The summed E-state index contributed by atoms with van der Waals surface area (Å²) in [5.41, 5.74) is 3.57. The lowest BCUT2D eigenvalue weighted by molar-refractivity contribution is -0.128. The van der Waals surface area contributed by atoms with Gasteiger partial charge in [0.1, 0.15) is 0 Å². The number of aromatic nitrogens is 1. The first-order valence-corrected chi connectivity index (χ1v) is 10.0. The van der Waals surface area contributed by atoms with Gasteiger partial charge in [-0.2, -0.15) is 0 Å². The zero-order chi connectivity index (χ0) is 19.9. The molecule has 0 radical (unpaired) electrons. The minimum atomic E-state index is 0. The molecular formula is C22H32IN5O. The van der Waals surface area contributed by atoms with E-state index in [0.29, 0.717) is 19.5 Å². The number of carbonyl (C=O) groups is 1. The first-order chi connectivity index (χ1) is 13.6. The van der Waals surface area contributed by atoms with Crippen molar-refractivity contribution in [2.75, 3.05) is 20.1 Å². The molecular weight excluding hydrogens is 477 g/mol. The summed E-state index contributed by atoms with van der Waals surface area (Å²) in [6, 6.07) is 12.6. The number of rotatable bonds is 7. The first-order valence-electron chi connectivity index (χ1n) is 10.0. The number of aryl methyl sites for hydroxylation is 1. The zero-order valence-corrected chi connectivity index (χ0v) is 19.9. The van der Waals surface area contributed by atoms with Gasteiger partial charge in [-0.3, -0.25) is 4.79 Å². The molecule has 1 aromatic heterocycles. The van der Waals surface area contributed by atoms with Gasteiger partial charge in [-0.1, -0.05) is 24.3 Å². The van der Waals surface area contributed by atoms with Crippen LogP contribution in [0.25, 0.3) is 0 Å². The van der Waals surface area contributed by atoms with Crippen molar-refractivity contribution in [1.82, 2.24) is 19.7 Å². The maximum absolute atomic E-state index is 11.9. The number of carbonyl (C=O) groups excluding carboxylic acids is 1. The predicted octanol–water partition coefficient (Wildman–Crippen LogP) is 3.36. The molecule has 3 rings (SSSR count). The van der Waals surface area contributed by atoms with Gasteiger partial charge >= 0.3 is 0 Å². The number of halogens is 1. The van der Waals surface area contributed by atoms with Gasteiger partial charge in [-0.05, 0) is 36.6 Å². The third-order valence-corrected chi connectivity index (χ3v) is 5.09. The van der Waals surface area contributed by atoms with Crippen LogP contribution in [0.2, 0.25) is 0 Å². The number of guanidine groups is 1. The molecule has 7 heteroatoms. The quantitative estimate of drug-likeness (QED) is 0.354. The molecule has 1 amide bonds. The average Bonchev–Trinajstić information content (AvgIpc) is 3.27. The number of hydrogen-bond acceptors (Lipinski definition) is 2. The lowest BCUT2D eigenvalue weighted by atomic mass is 10.1. The van der Waals surface area contributed by atoms with Crippen LogP contribution in [0.1, 0.15) is 36.6 Å². The second-order valence-corrected chi connectivity index (χ2v) is 7.38. The van der Waals surface area contributed by atoms with Crippen molar-refractivity contribution < 1.29 is 4.79 Å². The normalized spacial score (nSPS) is 14.1. The van der Waals surface area contributed by atoms with Crippen LogP contribution in [0.3, 0.4) is 0 Å². The fraction of sp³-hybridized carbons (Fsp3) is 0.455. The molecule has 1 fully saturated rings. The molecule has 0 aliphatic carbocycles. The van der Waals surface area contributed by atoms with Crippen molar-refractivity contribution in [3.63, 3.8) is 0 Å². The van der Waals surface area contributed by atoms with E-state index in [-0.39, 0.29) is 29.9 Å². The Labute approximate surface area is 191 Å². The average molecular weight is 509 g/mol. The molecule has 1 aromatic carbocycles. The molecule has 1 N–H and O–H groups in total. The van der Waals surface area contributed by atoms with Gasteiger partial charge in [0, 0.05) is 52.0 Å². The second kappa shape index (κ2) is 11.2. The number of likely N-dealkylation sites (tertiary alicyclic amines) is 1. The summed E-state index contributed by atoms with van der Waals surface area (Å²) in [6.07, 6.45) is 3.72. The van der Waals surface area contributed by atoms with Crippen LogP contribution in [-0.4, -0.2) is 46.4 Å². The van der Waals surface area contributed by atoms with Crippen molar-refractivity contribution in [2.45, 2.75) is 39.4 Å². The minimum Gasteiger partial charge on any atom is -0.357 e. The standard InChI is InChI=1S/C22H31N5O.HI/c1-4-23-22(26(3)17-20-10-6-12-25(20)2)24-15-18-8-5-9-19(14-18)16-27-13-7-11-21(27)28;/h5-6,8-10,12,14H,4,7,11,13,15-17H2,1-3H3,(H,23,24);1H. The molecule has 1 aliphatic rings. The molecule has 1 saturated heterocycles. The van der Waals surface area contributed by atoms with E-state index in [2.05, 4.69) is 78.4 Å². The fourth-order valence-corrected chi connectivity index (χ4v) is 3.53. The summed E-state index contributed by atoms with van der Waals surface area (Å²) < 4.78 is 2.13. The Kier molecular flexibility index (Phi) is 9.00. The predicted molar refractivity (Wildman–Crippen MR) is 128 cm³/mol. The Morgan fingerprint density at radius 2 is 2.03 bits per heavy atom. The zero-order valence-electron chi connectivity index (χ0n) is 17.6. The van der Waals surface area contributed by atoms with Crippen LogP contribution < -0.4 is 5.32 Å². The molecule has 158 valence electrons. The summed E-state index contributed by atoms with van der Waals surface area (Å²) in [4.78, 5) is 20.8. The van der Waals surface area contributed by atoms with Crippen LogP contribution in [0.15, 0.2) is 47.6 Å². The highest BCUT2D eigenvalue weighted by Gasteiger charge is 2.19.